The summed E-state index contributed by atoms with van der Waals surface area (Å²) >= 11 is 0. The summed E-state index contributed by atoms with van der Waals surface area (Å²) in [5.74, 6) is -2.02. The van der Waals surface area contributed by atoms with Crippen molar-refractivity contribution >= 4 is 18.0 Å². The molecular weight excluding hydrogens is 244 g/mol. The second-order valence-corrected chi connectivity index (χ2v) is 3.90. The Labute approximate surface area is 105 Å². The Hall–Kier alpha value is -1.83. The summed E-state index contributed by atoms with van der Waals surface area (Å²) in [5, 5.41) is 20.2. The van der Waals surface area contributed by atoms with Gasteiger partial charge in [0.2, 0.25) is 0 Å². The average molecular weight is 262 g/mol. The number of carboxylic acids is 1. The molecule has 8 heteroatoms. The molecule has 8 nitrogen and oxygen atoms in total. The lowest BCUT2D eigenvalue weighted by atomic mass is 10.1. The second-order valence-electron chi connectivity index (χ2n) is 3.90. The number of likely N-dealkylation sites (N-methyl/N-ethyl adjacent to an activating group) is 1. The van der Waals surface area contributed by atoms with E-state index in [1.54, 1.807) is 6.92 Å². The average Bonchev–Trinajstić information content (AvgIpc) is 2.25. The summed E-state index contributed by atoms with van der Waals surface area (Å²) in [6.45, 7) is 2.19. The first kappa shape index (κ1) is 16.2. The van der Waals surface area contributed by atoms with E-state index in [0.717, 1.165) is 11.8 Å². The van der Waals surface area contributed by atoms with Crippen LogP contribution in [0.4, 0.5) is 4.79 Å². The first-order chi connectivity index (χ1) is 8.20. The van der Waals surface area contributed by atoms with Gasteiger partial charge in [-0.15, -0.1) is 0 Å². The van der Waals surface area contributed by atoms with Crippen LogP contribution in [0.5, 0.6) is 0 Å². The molecule has 2 amide bonds. The fourth-order valence-electron chi connectivity index (χ4n) is 0.930. The molecule has 1 atom stereocenters. The Morgan fingerprint density at radius 1 is 1.39 bits per heavy atom. The topological polar surface area (TPSA) is 116 Å². The Kier molecular flexibility index (Phi) is 6.11. The summed E-state index contributed by atoms with van der Waals surface area (Å²) in [6.07, 6.45) is 0. The smallest absolute Gasteiger partial charge is 0.337 e. The van der Waals surface area contributed by atoms with E-state index in [1.807, 2.05) is 0 Å². The van der Waals surface area contributed by atoms with Crippen molar-refractivity contribution in [3.8, 4) is 0 Å². The summed E-state index contributed by atoms with van der Waals surface area (Å²) in [5.41, 5.74) is -2.06. The van der Waals surface area contributed by atoms with Gasteiger partial charge >= 0.3 is 18.0 Å². The number of carbonyl (C=O) groups excluding carboxylic acids is 2. The highest BCUT2D eigenvalue weighted by Gasteiger charge is 2.30. The van der Waals surface area contributed by atoms with E-state index in [0.29, 0.717) is 0 Å². The van der Waals surface area contributed by atoms with Crippen molar-refractivity contribution in [3.63, 3.8) is 0 Å². The van der Waals surface area contributed by atoms with Gasteiger partial charge in [-0.25, -0.2) is 9.59 Å². The number of urea groups is 1. The highest BCUT2D eigenvalue weighted by Crippen LogP contribution is 2.01. The van der Waals surface area contributed by atoms with Gasteiger partial charge < -0.3 is 25.2 Å². The fraction of sp³-hybridized carbons (Fsp3) is 0.700. The van der Waals surface area contributed by atoms with E-state index < -0.39 is 30.1 Å². The second kappa shape index (κ2) is 6.80. The molecule has 0 saturated heterocycles. The van der Waals surface area contributed by atoms with E-state index in [9.17, 15) is 19.5 Å². The van der Waals surface area contributed by atoms with E-state index in [2.05, 4.69) is 10.1 Å². The van der Waals surface area contributed by atoms with Crippen LogP contribution in [0.15, 0.2) is 0 Å². The number of carboxylic acid groups (broad SMARTS) is 1. The molecule has 0 saturated carbocycles. The molecule has 0 aliphatic heterocycles. The summed E-state index contributed by atoms with van der Waals surface area (Å²) < 4.78 is 4.64. The molecule has 0 radical (unpaired) electrons. The molecule has 0 spiro atoms. The molecule has 0 aromatic carbocycles. The monoisotopic (exact) mass is 262 g/mol. The molecule has 0 heterocycles. The number of esters is 1. The largest absolute Gasteiger partial charge is 0.479 e. The number of nitrogens with one attached hydrogen (secondary N) is 1. The number of aliphatic carboxylic acids is 1. The number of amides is 2. The number of rotatable bonds is 6. The van der Waals surface area contributed by atoms with Crippen molar-refractivity contribution in [2.75, 3.05) is 26.7 Å². The number of ether oxygens (including phenoxy) is 1. The minimum atomic E-state index is -2.06. The zero-order valence-corrected chi connectivity index (χ0v) is 10.6. The van der Waals surface area contributed by atoms with Crippen LogP contribution in [-0.4, -0.2) is 65.4 Å². The Morgan fingerprint density at radius 3 is 2.39 bits per heavy atom. The predicted molar refractivity (Wildman–Crippen MR) is 60.9 cm³/mol. The molecule has 0 fully saturated rings. The van der Waals surface area contributed by atoms with Gasteiger partial charge in [-0.2, -0.15) is 0 Å². The normalized spacial score (nSPS) is 13.3. The maximum Gasteiger partial charge on any atom is 0.337 e. The zero-order chi connectivity index (χ0) is 14.3. The number of hydrogen-bond acceptors (Lipinski definition) is 5. The molecule has 0 aliphatic rings. The van der Waals surface area contributed by atoms with E-state index >= 15 is 0 Å². The van der Waals surface area contributed by atoms with Crippen molar-refractivity contribution in [3.05, 3.63) is 0 Å². The molecule has 18 heavy (non-hydrogen) atoms. The minimum absolute atomic E-state index is 0.210. The van der Waals surface area contributed by atoms with Gasteiger partial charge in [-0.1, -0.05) is 0 Å². The highest BCUT2D eigenvalue weighted by molar-refractivity contribution is 5.82. The number of carbonyl (C=O) groups is 3. The lowest BCUT2D eigenvalue weighted by molar-refractivity contribution is -0.155. The summed E-state index contributed by atoms with van der Waals surface area (Å²) in [6, 6.07) is -0.676. The van der Waals surface area contributed by atoms with Gasteiger partial charge in [0, 0.05) is 7.05 Å². The Morgan fingerprint density at radius 2 is 1.94 bits per heavy atom. The van der Waals surface area contributed by atoms with Crippen LogP contribution in [0.1, 0.15) is 13.8 Å². The molecule has 104 valence electrons. The number of nitrogens with zero attached hydrogens (tertiary/aromatic N) is 1. The molecule has 0 aromatic heterocycles. The third-order valence-corrected chi connectivity index (χ3v) is 2.06. The van der Waals surface area contributed by atoms with Crippen LogP contribution < -0.4 is 5.32 Å². The van der Waals surface area contributed by atoms with Crippen molar-refractivity contribution in [1.29, 1.82) is 0 Å². The molecule has 0 aliphatic carbocycles. The van der Waals surface area contributed by atoms with Crippen molar-refractivity contribution in [2.45, 2.75) is 19.4 Å². The van der Waals surface area contributed by atoms with Gasteiger partial charge in [0.25, 0.3) is 0 Å². The molecule has 0 bridgehead atoms. The maximum atomic E-state index is 11.5. The van der Waals surface area contributed by atoms with Crippen molar-refractivity contribution in [1.82, 2.24) is 10.2 Å². The SMILES string of the molecule is CCOC(=O)CN(C)C(=O)NCC(C)(O)C(=O)O. The Bertz CT molecular complexity index is 328. The minimum Gasteiger partial charge on any atom is -0.479 e. The van der Waals surface area contributed by atoms with E-state index in [1.165, 1.54) is 7.05 Å². The lowest BCUT2D eigenvalue weighted by Gasteiger charge is -2.21. The van der Waals surface area contributed by atoms with E-state index in [4.69, 9.17) is 5.11 Å². The van der Waals surface area contributed by atoms with Crippen LogP contribution in [0, 0.1) is 0 Å². The maximum absolute atomic E-state index is 11.5. The molecular formula is C10H18N2O6. The number of aliphatic hydroxyl groups is 1. The van der Waals surface area contributed by atoms with Gasteiger partial charge in [0.05, 0.1) is 13.2 Å². The van der Waals surface area contributed by atoms with E-state index in [-0.39, 0.29) is 13.2 Å². The standard InChI is InChI=1S/C10H18N2O6/c1-4-18-7(13)5-12(3)9(16)11-6-10(2,17)8(14)15/h17H,4-6H2,1-3H3,(H,11,16)(H,14,15). The third kappa shape index (κ3) is 5.48. The van der Waals surface area contributed by atoms with Crippen LogP contribution >= 0.6 is 0 Å². The van der Waals surface area contributed by atoms with Gasteiger partial charge in [-0.3, -0.25) is 4.79 Å². The van der Waals surface area contributed by atoms with Gasteiger partial charge in [-0.05, 0) is 13.8 Å². The number of hydrogen-bond donors (Lipinski definition) is 3. The lowest BCUT2D eigenvalue weighted by Crippen LogP contribution is -2.50. The predicted octanol–water partition coefficient (Wildman–Crippen LogP) is -0.973. The zero-order valence-electron chi connectivity index (χ0n) is 10.6. The third-order valence-electron chi connectivity index (χ3n) is 2.06. The molecule has 3 N–H and O–H groups in total. The van der Waals surface area contributed by atoms with Crippen molar-refractivity contribution in [2.24, 2.45) is 0 Å². The molecule has 1 unspecified atom stereocenters. The first-order valence-corrected chi connectivity index (χ1v) is 5.31. The first-order valence-electron chi connectivity index (χ1n) is 5.31. The molecule has 0 rings (SSSR count). The van der Waals surface area contributed by atoms with Crippen molar-refractivity contribution < 1.29 is 29.3 Å². The van der Waals surface area contributed by atoms with Gasteiger partial charge in [0.15, 0.2) is 5.60 Å². The quantitative estimate of drug-likeness (QED) is 0.530. The fourth-order valence-corrected chi connectivity index (χ4v) is 0.930. The van der Waals surface area contributed by atoms with Crippen LogP contribution in [0.3, 0.4) is 0 Å². The summed E-state index contributed by atoms with van der Waals surface area (Å²) in [7, 11) is 1.35. The van der Waals surface area contributed by atoms with Crippen LogP contribution in [-0.2, 0) is 14.3 Å². The van der Waals surface area contributed by atoms with Crippen LogP contribution in [0.2, 0.25) is 0 Å². The Balaban J connectivity index is 4.17. The van der Waals surface area contributed by atoms with Crippen LogP contribution in [0.25, 0.3) is 0 Å². The highest BCUT2D eigenvalue weighted by atomic mass is 16.5. The van der Waals surface area contributed by atoms with Gasteiger partial charge in [0.1, 0.15) is 6.54 Å². The molecule has 0 aromatic rings. The summed E-state index contributed by atoms with van der Waals surface area (Å²) in [4.78, 5) is 34.1.